The van der Waals surface area contributed by atoms with Crippen LogP contribution in [-0.4, -0.2) is 95.5 Å². The Morgan fingerprint density at radius 3 is 2.48 bits per heavy atom. The van der Waals surface area contributed by atoms with Gasteiger partial charge in [0.15, 0.2) is 0 Å². The maximum absolute atomic E-state index is 14.7. The summed E-state index contributed by atoms with van der Waals surface area (Å²) in [6.07, 6.45) is 0.254. The Hall–Kier alpha value is -4.61. The molecule has 0 spiro atoms. The van der Waals surface area contributed by atoms with Crippen LogP contribution in [0.5, 0.6) is 11.6 Å². The highest BCUT2D eigenvalue weighted by Gasteiger charge is 2.62. The summed E-state index contributed by atoms with van der Waals surface area (Å²) in [6, 6.07) is 4.40. The minimum atomic E-state index is -4.91. The first-order valence-corrected chi connectivity index (χ1v) is 21.3. The van der Waals surface area contributed by atoms with E-state index in [1.165, 1.54) is 4.90 Å². The van der Waals surface area contributed by atoms with Gasteiger partial charge in [0.25, 0.3) is 5.91 Å². The molecule has 7 atom stereocenters. The number of pyridine rings is 1. The number of hydrogen-bond donors (Lipinski definition) is 3. The number of halogens is 3. The van der Waals surface area contributed by atoms with Crippen molar-refractivity contribution in [2.24, 2.45) is 17.8 Å². The molecule has 3 N–H and O–H groups in total. The SMILES string of the molecule is CC(C)Oc1ccc2c(O[C@@H]3C[C@H]4C(=O)N[C@]5(C(=O)NS(=O)(=O)C6CC6)C[C@H]5/C=C\CC[C@H](C)C[C@@H](C)[C@H](NC(=O)OC(C)(C)C(F)(F)F)C(=O)N4C3)nccc2c1.[HH].[HH].[HH]. The van der Waals surface area contributed by atoms with Crippen LogP contribution in [0.25, 0.3) is 10.8 Å². The van der Waals surface area contributed by atoms with Gasteiger partial charge in [0.2, 0.25) is 33.3 Å². The number of carbonyl (C=O) groups is 4. The lowest BCUT2D eigenvalue weighted by Crippen LogP contribution is -2.59. The minimum absolute atomic E-state index is 0. The zero-order valence-electron chi connectivity index (χ0n) is 33.4. The number of rotatable bonds is 9. The summed E-state index contributed by atoms with van der Waals surface area (Å²) in [5, 5.41) is 5.85. The van der Waals surface area contributed by atoms with Crippen molar-refractivity contribution >= 4 is 44.6 Å². The summed E-state index contributed by atoms with van der Waals surface area (Å²) in [5.74, 6) is -2.80. The van der Waals surface area contributed by atoms with Gasteiger partial charge in [-0.05, 0) is 108 Å². The first-order valence-electron chi connectivity index (χ1n) is 19.7. The number of ether oxygens (including phenoxy) is 3. The van der Waals surface area contributed by atoms with Crippen molar-refractivity contribution in [2.45, 2.75) is 133 Å². The molecule has 1 aromatic heterocycles. The second-order valence-electron chi connectivity index (χ2n) is 16.9. The summed E-state index contributed by atoms with van der Waals surface area (Å²) in [4.78, 5) is 61.7. The molecule has 4 aliphatic rings. The standard InChI is InChI=1S/C40H52F3N5O9S.3H2/c1-22(2)55-27-11-14-30-25(18-27)15-16-44-34(30)56-28-19-31-33(49)46-39(36(51)47-58(53,54)29-12-13-29)20-26(39)10-8-7-9-23(3)17-24(4)32(35(50)48(31)21-28)45-37(52)57-38(5,6)40(41,42)43;;;/h8,10-11,14-16,18,22-24,26,28-29,31-32H,7,9,12-13,17,19-21H2,1-6H3,(H,45,52)(H,46,49)(H,47,51);3*1H/b10-8-;;;/t23-,24+,26+,28+,31-,32-,39+;;;/m0.../s1. The van der Waals surface area contributed by atoms with Gasteiger partial charge >= 0.3 is 12.3 Å². The molecule has 1 aromatic carbocycles. The molecule has 0 bridgehead atoms. The molecule has 2 aromatic rings. The highest BCUT2D eigenvalue weighted by Crippen LogP contribution is 2.46. The van der Waals surface area contributed by atoms with E-state index in [0.717, 1.165) is 5.39 Å². The molecular formula is C40H58F3N5O9S. The number of aromatic nitrogens is 1. The molecule has 18 heteroatoms. The number of alkyl carbamates (subject to hydrolysis) is 1. The summed E-state index contributed by atoms with van der Waals surface area (Å²) < 4.78 is 86.1. The van der Waals surface area contributed by atoms with Crippen LogP contribution in [0.1, 0.15) is 90.8 Å². The Morgan fingerprint density at radius 2 is 1.81 bits per heavy atom. The number of carbonyl (C=O) groups excluding carboxylic acids is 4. The molecule has 2 aliphatic heterocycles. The summed E-state index contributed by atoms with van der Waals surface area (Å²) in [7, 11) is -3.98. The van der Waals surface area contributed by atoms with E-state index in [1.807, 2.05) is 32.9 Å². The van der Waals surface area contributed by atoms with Crippen molar-refractivity contribution in [1.29, 1.82) is 0 Å². The van der Waals surface area contributed by atoms with E-state index >= 15 is 0 Å². The summed E-state index contributed by atoms with van der Waals surface area (Å²) in [5.41, 5.74) is -4.51. The number of sulfonamides is 1. The predicted octanol–water partition coefficient (Wildman–Crippen LogP) is 6.04. The normalized spacial score (nSPS) is 29.0. The van der Waals surface area contributed by atoms with Crippen molar-refractivity contribution in [1.82, 2.24) is 25.2 Å². The number of nitrogens with zero attached hydrogens (tertiary/aromatic N) is 2. The van der Waals surface area contributed by atoms with Gasteiger partial charge in [-0.25, -0.2) is 18.2 Å². The third-order valence-corrected chi connectivity index (χ3v) is 13.1. The van der Waals surface area contributed by atoms with E-state index in [4.69, 9.17) is 14.2 Å². The van der Waals surface area contributed by atoms with E-state index in [0.29, 0.717) is 57.1 Å². The van der Waals surface area contributed by atoms with Gasteiger partial charge in [-0.1, -0.05) is 26.0 Å². The van der Waals surface area contributed by atoms with Crippen LogP contribution in [0.4, 0.5) is 18.0 Å². The van der Waals surface area contributed by atoms with Crippen molar-refractivity contribution in [3.05, 3.63) is 42.6 Å². The molecule has 6 rings (SSSR count). The maximum Gasteiger partial charge on any atom is 0.427 e. The second-order valence-corrected chi connectivity index (χ2v) is 18.9. The number of nitrogens with one attached hydrogen (secondary N) is 3. The number of hydrogen-bond acceptors (Lipinski definition) is 10. The van der Waals surface area contributed by atoms with Crippen molar-refractivity contribution in [3.8, 4) is 11.6 Å². The van der Waals surface area contributed by atoms with E-state index in [9.17, 15) is 40.8 Å². The molecule has 0 unspecified atom stereocenters. The predicted molar refractivity (Wildman–Crippen MR) is 212 cm³/mol. The quantitative estimate of drug-likeness (QED) is 0.252. The molecule has 58 heavy (non-hydrogen) atoms. The first-order chi connectivity index (χ1) is 27.1. The van der Waals surface area contributed by atoms with Crippen molar-refractivity contribution in [3.63, 3.8) is 0 Å². The van der Waals surface area contributed by atoms with Crippen LogP contribution < -0.4 is 24.8 Å². The Morgan fingerprint density at radius 1 is 1.09 bits per heavy atom. The van der Waals surface area contributed by atoms with Crippen LogP contribution in [-0.2, 0) is 29.1 Å². The highest BCUT2D eigenvalue weighted by atomic mass is 32.2. The van der Waals surface area contributed by atoms with E-state index in [1.54, 1.807) is 37.4 Å². The average molecular weight is 842 g/mol. The molecule has 324 valence electrons. The van der Waals surface area contributed by atoms with Gasteiger partial charge < -0.3 is 29.7 Å². The third kappa shape index (κ3) is 9.47. The summed E-state index contributed by atoms with van der Waals surface area (Å²) >= 11 is 0. The van der Waals surface area contributed by atoms with Gasteiger partial charge in [-0.3, -0.25) is 19.1 Å². The minimum Gasteiger partial charge on any atom is -0.491 e. The van der Waals surface area contributed by atoms with E-state index in [2.05, 4.69) is 20.3 Å². The molecule has 3 heterocycles. The topological polar surface area (TPSA) is 182 Å². The molecule has 14 nitrogen and oxygen atoms in total. The number of benzene rings is 1. The third-order valence-electron chi connectivity index (χ3n) is 11.3. The second kappa shape index (κ2) is 16.2. The monoisotopic (exact) mass is 841 g/mol. The lowest BCUT2D eigenvalue weighted by Gasteiger charge is -2.34. The van der Waals surface area contributed by atoms with Gasteiger partial charge in [0, 0.05) is 28.2 Å². The van der Waals surface area contributed by atoms with Crippen LogP contribution in [0.3, 0.4) is 0 Å². The average Bonchev–Trinajstić information content (AvgIpc) is 4.04. The molecule has 1 saturated heterocycles. The molecule has 2 saturated carbocycles. The van der Waals surface area contributed by atoms with Crippen molar-refractivity contribution in [2.75, 3.05) is 6.54 Å². The lowest BCUT2D eigenvalue weighted by molar-refractivity contribution is -0.244. The van der Waals surface area contributed by atoms with E-state index in [-0.39, 0.29) is 41.6 Å². The highest BCUT2D eigenvalue weighted by molar-refractivity contribution is 7.91. The zero-order valence-corrected chi connectivity index (χ0v) is 34.2. The number of allylic oxidation sites excluding steroid dienone is 1. The van der Waals surface area contributed by atoms with Gasteiger partial charge in [-0.15, -0.1) is 0 Å². The number of alkyl halides is 3. The first kappa shape index (κ1) is 43.0. The Bertz CT molecular complexity index is 2070. The van der Waals surface area contributed by atoms with Crippen LogP contribution >= 0.6 is 0 Å². The fourth-order valence-electron chi connectivity index (χ4n) is 7.67. The molecule has 4 amide bonds. The Balaban J connectivity index is 0.00000331. The molecule has 2 aliphatic carbocycles. The summed E-state index contributed by atoms with van der Waals surface area (Å²) in [6.45, 7) is 8.61. The van der Waals surface area contributed by atoms with Gasteiger partial charge in [-0.2, -0.15) is 13.2 Å². The number of fused-ring (bicyclic) bond motifs is 3. The number of amides is 4. The zero-order chi connectivity index (χ0) is 42.4. The fraction of sp³-hybridized carbons (Fsp3) is 0.625. The molecular weight excluding hydrogens is 784 g/mol. The lowest BCUT2D eigenvalue weighted by atomic mass is 9.88. The van der Waals surface area contributed by atoms with Gasteiger partial charge in [0.05, 0.1) is 17.9 Å². The smallest absolute Gasteiger partial charge is 0.427 e. The fourth-order valence-corrected chi connectivity index (χ4v) is 9.03. The Kier molecular flexibility index (Phi) is 12.0. The van der Waals surface area contributed by atoms with Crippen LogP contribution in [0.15, 0.2) is 42.6 Å². The Labute approximate surface area is 340 Å². The van der Waals surface area contributed by atoms with E-state index < -0.39 is 86.4 Å². The van der Waals surface area contributed by atoms with Crippen molar-refractivity contribution < 1.29 is 59.3 Å². The largest absolute Gasteiger partial charge is 0.491 e. The molecule has 0 radical (unpaired) electrons. The van der Waals surface area contributed by atoms with Crippen LogP contribution in [0.2, 0.25) is 0 Å². The molecule has 3 fully saturated rings. The maximum atomic E-state index is 14.7. The van der Waals surface area contributed by atoms with Gasteiger partial charge in [0.1, 0.15) is 29.5 Å². The van der Waals surface area contributed by atoms with Crippen LogP contribution in [0, 0.1) is 17.8 Å².